The highest BCUT2D eigenvalue weighted by atomic mass is 79.9. The summed E-state index contributed by atoms with van der Waals surface area (Å²) >= 11 is 3.39. The summed E-state index contributed by atoms with van der Waals surface area (Å²) in [4.78, 5) is 12.1. The lowest BCUT2D eigenvalue weighted by Gasteiger charge is -2.10. The minimum atomic E-state index is -3.72. The molecule has 0 heterocycles. The molecule has 0 atom stereocenters. The van der Waals surface area contributed by atoms with Gasteiger partial charge in [0.25, 0.3) is 0 Å². The van der Waals surface area contributed by atoms with Gasteiger partial charge in [-0.25, -0.2) is 13.2 Å². The van der Waals surface area contributed by atoms with E-state index in [1.54, 1.807) is 31.2 Å². The average Bonchev–Trinajstić information content (AvgIpc) is 2.70. The Morgan fingerprint density at radius 1 is 0.966 bits per heavy atom. The first-order valence-corrected chi connectivity index (χ1v) is 11.3. The van der Waals surface area contributed by atoms with Gasteiger partial charge < -0.3 is 9.84 Å². The number of ether oxygens (including phenoxy) is 1. The number of hydrogen-bond donors (Lipinski definition) is 1. The molecule has 1 N–H and O–H groups in total. The largest absolute Gasteiger partial charge is 0.507 e. The zero-order valence-electron chi connectivity index (χ0n) is 15.6. The molecule has 0 saturated carbocycles. The smallest absolute Gasteiger partial charge is 0.341 e. The second-order valence-electron chi connectivity index (χ2n) is 6.32. The van der Waals surface area contributed by atoms with Crippen molar-refractivity contribution in [1.82, 2.24) is 0 Å². The van der Waals surface area contributed by atoms with E-state index in [1.165, 1.54) is 18.2 Å². The Kier molecular flexibility index (Phi) is 6.39. The van der Waals surface area contributed by atoms with Gasteiger partial charge in [-0.1, -0.05) is 52.3 Å². The van der Waals surface area contributed by atoms with Gasteiger partial charge in [0, 0.05) is 10.0 Å². The summed E-state index contributed by atoms with van der Waals surface area (Å²) in [7, 11) is -3.72. The molecule has 0 spiro atoms. The third-order valence-electron chi connectivity index (χ3n) is 4.35. The minimum Gasteiger partial charge on any atom is -0.507 e. The van der Waals surface area contributed by atoms with E-state index in [-0.39, 0.29) is 28.4 Å². The second-order valence-corrected chi connectivity index (χ2v) is 9.23. The van der Waals surface area contributed by atoms with Crippen LogP contribution in [0.1, 0.15) is 22.8 Å². The first-order valence-electron chi connectivity index (χ1n) is 8.88. The summed E-state index contributed by atoms with van der Waals surface area (Å²) in [6.07, 6.45) is 0. The van der Waals surface area contributed by atoms with Crippen LogP contribution in [0, 0.1) is 0 Å². The Bertz CT molecular complexity index is 1120. The molecular weight excluding hydrogens is 456 g/mol. The molecule has 3 rings (SSSR count). The number of esters is 1. The SMILES string of the molecule is CCOC(=O)c1cccc(CS(=O)(=O)c2ccc(-c3ccc(Br)cc3)cc2)c1O. The van der Waals surface area contributed by atoms with Gasteiger partial charge in [0.05, 0.1) is 17.3 Å². The number of para-hydroxylation sites is 1. The second kappa shape index (κ2) is 8.80. The summed E-state index contributed by atoms with van der Waals surface area (Å²) in [5, 5.41) is 10.3. The van der Waals surface area contributed by atoms with E-state index >= 15 is 0 Å². The fraction of sp³-hybridized carbons (Fsp3) is 0.136. The first-order chi connectivity index (χ1) is 13.8. The summed E-state index contributed by atoms with van der Waals surface area (Å²) in [5.74, 6) is -1.49. The molecular formula is C22H19BrO5S. The topological polar surface area (TPSA) is 80.7 Å². The number of aromatic hydroxyl groups is 1. The van der Waals surface area contributed by atoms with Crippen LogP contribution in [-0.2, 0) is 20.3 Å². The molecule has 150 valence electrons. The van der Waals surface area contributed by atoms with E-state index in [2.05, 4.69) is 15.9 Å². The normalized spacial score (nSPS) is 11.2. The molecule has 5 nitrogen and oxygen atoms in total. The van der Waals surface area contributed by atoms with Gasteiger partial charge in [0.2, 0.25) is 0 Å². The van der Waals surface area contributed by atoms with E-state index in [9.17, 15) is 18.3 Å². The van der Waals surface area contributed by atoms with E-state index < -0.39 is 21.6 Å². The molecule has 0 fully saturated rings. The van der Waals surface area contributed by atoms with Crippen molar-refractivity contribution in [2.24, 2.45) is 0 Å². The molecule has 0 saturated heterocycles. The molecule has 29 heavy (non-hydrogen) atoms. The Morgan fingerprint density at radius 3 is 2.14 bits per heavy atom. The zero-order valence-corrected chi connectivity index (χ0v) is 18.0. The van der Waals surface area contributed by atoms with E-state index in [1.807, 2.05) is 24.3 Å². The summed E-state index contributed by atoms with van der Waals surface area (Å²) in [6.45, 7) is 1.81. The van der Waals surface area contributed by atoms with Crippen LogP contribution < -0.4 is 0 Å². The minimum absolute atomic E-state index is 0.0508. The van der Waals surface area contributed by atoms with Crippen molar-refractivity contribution in [3.05, 3.63) is 82.3 Å². The lowest BCUT2D eigenvalue weighted by Crippen LogP contribution is -2.09. The molecule has 3 aromatic rings. The maximum Gasteiger partial charge on any atom is 0.341 e. The van der Waals surface area contributed by atoms with Crippen molar-refractivity contribution in [2.45, 2.75) is 17.6 Å². The lowest BCUT2D eigenvalue weighted by atomic mass is 10.1. The number of halogens is 1. The molecule has 0 radical (unpaired) electrons. The summed E-state index contributed by atoms with van der Waals surface area (Å²) in [5.41, 5.74) is 1.96. The third kappa shape index (κ3) is 4.86. The molecule has 0 aliphatic rings. The molecule has 0 bridgehead atoms. The maximum absolute atomic E-state index is 12.8. The number of rotatable bonds is 6. The maximum atomic E-state index is 12.8. The average molecular weight is 475 g/mol. The molecule has 0 aliphatic heterocycles. The highest BCUT2D eigenvalue weighted by molar-refractivity contribution is 9.10. The fourth-order valence-electron chi connectivity index (χ4n) is 2.87. The quantitative estimate of drug-likeness (QED) is 0.509. The van der Waals surface area contributed by atoms with Gasteiger partial charge in [-0.3, -0.25) is 0 Å². The van der Waals surface area contributed by atoms with Crippen LogP contribution in [0.3, 0.4) is 0 Å². The van der Waals surface area contributed by atoms with Crippen molar-refractivity contribution < 1.29 is 23.1 Å². The molecule has 7 heteroatoms. The number of benzene rings is 3. The van der Waals surface area contributed by atoms with Crippen molar-refractivity contribution in [1.29, 1.82) is 0 Å². The van der Waals surface area contributed by atoms with E-state index in [0.29, 0.717) is 0 Å². The van der Waals surface area contributed by atoms with Gasteiger partial charge in [-0.15, -0.1) is 0 Å². The fourth-order valence-corrected chi connectivity index (χ4v) is 4.49. The molecule has 0 aliphatic carbocycles. The predicted octanol–water partition coefficient (Wildman–Crippen LogP) is 4.97. The predicted molar refractivity (Wildman–Crippen MR) is 115 cm³/mol. The molecule has 3 aromatic carbocycles. The van der Waals surface area contributed by atoms with Gasteiger partial charge in [-0.05, 0) is 48.4 Å². The molecule has 0 amide bonds. The summed E-state index contributed by atoms with van der Waals surface area (Å²) < 4.78 is 31.5. The monoisotopic (exact) mass is 474 g/mol. The molecule has 0 unspecified atom stereocenters. The number of phenolic OH excluding ortho intramolecular Hbond substituents is 1. The number of hydrogen-bond acceptors (Lipinski definition) is 5. The van der Waals surface area contributed by atoms with E-state index in [4.69, 9.17) is 4.74 Å². The van der Waals surface area contributed by atoms with E-state index in [0.717, 1.165) is 15.6 Å². The van der Waals surface area contributed by atoms with Crippen molar-refractivity contribution in [3.63, 3.8) is 0 Å². The standard InChI is InChI=1S/C22H19BrO5S/c1-2-28-22(25)20-5-3-4-17(21(20)24)14-29(26,27)19-12-8-16(9-13-19)15-6-10-18(23)11-7-15/h3-13,24H,2,14H2,1H3. The van der Waals surface area contributed by atoms with Crippen LogP contribution in [0.15, 0.2) is 76.1 Å². The Labute approximate surface area is 178 Å². The highest BCUT2D eigenvalue weighted by Crippen LogP contribution is 2.29. The van der Waals surface area contributed by atoms with Crippen LogP contribution >= 0.6 is 15.9 Å². The number of carbonyl (C=O) groups excluding carboxylic acids is 1. The number of sulfone groups is 1. The Morgan fingerprint density at radius 2 is 1.55 bits per heavy atom. The first kappa shape index (κ1) is 21.1. The molecule has 0 aromatic heterocycles. The lowest BCUT2D eigenvalue weighted by molar-refractivity contribution is 0.0523. The van der Waals surface area contributed by atoms with Crippen LogP contribution in [0.2, 0.25) is 0 Å². The summed E-state index contributed by atoms with van der Waals surface area (Å²) in [6, 6.07) is 18.7. The van der Waals surface area contributed by atoms with Crippen molar-refractivity contribution in [2.75, 3.05) is 6.61 Å². The third-order valence-corrected chi connectivity index (χ3v) is 6.56. The number of carbonyl (C=O) groups is 1. The van der Waals surface area contributed by atoms with Crippen molar-refractivity contribution in [3.8, 4) is 16.9 Å². The van der Waals surface area contributed by atoms with Crippen LogP contribution in [0.25, 0.3) is 11.1 Å². The van der Waals surface area contributed by atoms with Crippen molar-refractivity contribution >= 4 is 31.7 Å². The number of phenols is 1. The van der Waals surface area contributed by atoms with Crippen LogP contribution in [0.5, 0.6) is 5.75 Å². The van der Waals surface area contributed by atoms with Gasteiger partial charge >= 0.3 is 5.97 Å². The van der Waals surface area contributed by atoms with Crippen LogP contribution in [-0.4, -0.2) is 26.1 Å². The van der Waals surface area contributed by atoms with Gasteiger partial charge in [-0.2, -0.15) is 0 Å². The Balaban J connectivity index is 1.85. The van der Waals surface area contributed by atoms with Gasteiger partial charge in [0.15, 0.2) is 9.84 Å². The van der Waals surface area contributed by atoms with Crippen LogP contribution in [0.4, 0.5) is 0 Å². The Hall–Kier alpha value is -2.64. The zero-order chi connectivity index (χ0) is 21.0. The van der Waals surface area contributed by atoms with Gasteiger partial charge in [0.1, 0.15) is 11.3 Å². The highest BCUT2D eigenvalue weighted by Gasteiger charge is 2.21.